The van der Waals surface area contributed by atoms with Crippen molar-refractivity contribution in [1.82, 2.24) is 10.2 Å². The number of likely N-dealkylation sites (N-methyl/N-ethyl adjacent to an activating group) is 1. The Morgan fingerprint density at radius 3 is 2.70 bits per heavy atom. The molecule has 4 N–H and O–H groups in total. The lowest BCUT2D eigenvalue weighted by molar-refractivity contribution is -0.139. The summed E-state index contributed by atoms with van der Waals surface area (Å²) >= 11 is 0. The summed E-state index contributed by atoms with van der Waals surface area (Å²) in [5.74, 6) is -0.757. The maximum absolute atomic E-state index is 11.3. The lowest BCUT2D eigenvalue weighted by atomic mass is 9.87. The molecule has 0 aliphatic carbocycles. The normalized spacial score (nSPS) is 21.8. The summed E-state index contributed by atoms with van der Waals surface area (Å²) in [4.78, 5) is 15.8. The molecule has 0 amide bonds. The van der Waals surface area contributed by atoms with Crippen LogP contribution in [0.4, 0.5) is 5.69 Å². The average Bonchev–Trinajstić information content (AvgIpc) is 2.94. The SMILES string of the molecule is CCCCC1NC2=C(c3ccccc3N(C)C2N)N1CC(C)(C)CC(=O)O. The van der Waals surface area contributed by atoms with Crippen LogP contribution < -0.4 is 16.0 Å². The van der Waals surface area contributed by atoms with Crippen molar-refractivity contribution in [3.8, 4) is 0 Å². The van der Waals surface area contributed by atoms with Crippen LogP contribution in [0.5, 0.6) is 0 Å². The topological polar surface area (TPSA) is 81.8 Å². The Balaban J connectivity index is 2.01. The Kier molecular flexibility index (Phi) is 5.38. The van der Waals surface area contributed by atoms with E-state index in [1.54, 1.807) is 0 Å². The van der Waals surface area contributed by atoms with Crippen LogP contribution in [0.3, 0.4) is 0 Å². The highest BCUT2D eigenvalue weighted by Crippen LogP contribution is 2.43. The van der Waals surface area contributed by atoms with E-state index in [9.17, 15) is 9.90 Å². The van der Waals surface area contributed by atoms with Crippen LogP contribution >= 0.6 is 0 Å². The molecule has 0 fully saturated rings. The zero-order chi connectivity index (χ0) is 19.8. The van der Waals surface area contributed by atoms with Gasteiger partial charge in [-0.25, -0.2) is 0 Å². The van der Waals surface area contributed by atoms with Gasteiger partial charge in [-0.1, -0.05) is 45.4 Å². The third-order valence-corrected chi connectivity index (χ3v) is 5.55. The number of aliphatic carboxylic acids is 1. The van der Waals surface area contributed by atoms with Crippen LogP contribution in [-0.4, -0.2) is 41.9 Å². The van der Waals surface area contributed by atoms with E-state index in [0.29, 0.717) is 6.54 Å². The number of nitrogens with one attached hydrogen (secondary N) is 1. The molecule has 27 heavy (non-hydrogen) atoms. The minimum atomic E-state index is -0.757. The number of benzene rings is 1. The van der Waals surface area contributed by atoms with Crippen molar-refractivity contribution in [1.29, 1.82) is 0 Å². The smallest absolute Gasteiger partial charge is 0.303 e. The van der Waals surface area contributed by atoms with E-state index in [4.69, 9.17) is 5.73 Å². The van der Waals surface area contributed by atoms with Crippen LogP contribution in [0, 0.1) is 5.41 Å². The van der Waals surface area contributed by atoms with Crippen molar-refractivity contribution >= 4 is 17.4 Å². The van der Waals surface area contributed by atoms with Gasteiger partial charge in [-0.05, 0) is 24.3 Å². The van der Waals surface area contributed by atoms with Gasteiger partial charge in [0.1, 0.15) is 6.17 Å². The molecule has 0 bridgehead atoms. The Hall–Kier alpha value is -2.21. The van der Waals surface area contributed by atoms with Gasteiger partial charge in [0.25, 0.3) is 0 Å². The third kappa shape index (κ3) is 3.76. The van der Waals surface area contributed by atoms with Crippen molar-refractivity contribution in [2.75, 3.05) is 18.5 Å². The van der Waals surface area contributed by atoms with Crippen molar-refractivity contribution in [2.24, 2.45) is 11.1 Å². The van der Waals surface area contributed by atoms with E-state index in [2.05, 4.69) is 34.2 Å². The van der Waals surface area contributed by atoms with Gasteiger partial charge >= 0.3 is 5.97 Å². The molecule has 0 radical (unpaired) electrons. The Labute approximate surface area is 162 Å². The molecule has 0 saturated carbocycles. The Morgan fingerprint density at radius 1 is 1.33 bits per heavy atom. The highest BCUT2D eigenvalue weighted by molar-refractivity contribution is 5.83. The number of para-hydroxylation sites is 1. The molecule has 6 heteroatoms. The molecule has 2 aliphatic rings. The predicted molar refractivity (Wildman–Crippen MR) is 109 cm³/mol. The summed E-state index contributed by atoms with van der Waals surface area (Å²) < 4.78 is 0. The fourth-order valence-corrected chi connectivity index (χ4v) is 4.23. The van der Waals surface area contributed by atoms with E-state index < -0.39 is 5.97 Å². The molecule has 0 spiro atoms. The summed E-state index contributed by atoms with van der Waals surface area (Å²) in [7, 11) is 2.02. The van der Waals surface area contributed by atoms with Gasteiger partial charge in [-0.15, -0.1) is 0 Å². The lowest BCUT2D eigenvalue weighted by Gasteiger charge is -2.38. The number of hydrogen-bond acceptors (Lipinski definition) is 5. The molecule has 3 rings (SSSR count). The van der Waals surface area contributed by atoms with Gasteiger partial charge in [0.05, 0.1) is 24.0 Å². The molecule has 2 atom stereocenters. The molecule has 0 saturated heterocycles. The van der Waals surface area contributed by atoms with E-state index in [-0.39, 0.29) is 24.2 Å². The molecule has 2 heterocycles. The monoisotopic (exact) mass is 372 g/mol. The number of carbonyl (C=O) groups is 1. The first kappa shape index (κ1) is 19.5. The third-order valence-electron chi connectivity index (χ3n) is 5.55. The summed E-state index contributed by atoms with van der Waals surface area (Å²) in [5.41, 5.74) is 10.7. The van der Waals surface area contributed by atoms with Gasteiger partial charge in [0.2, 0.25) is 0 Å². The predicted octanol–water partition coefficient (Wildman–Crippen LogP) is 3.01. The standard InChI is InChI=1S/C21H32N4O2/c1-5-6-11-16-23-18-19(25(16)13-21(2,3)12-17(26)27)14-9-7-8-10-15(14)24(4)20(18)22/h7-10,16,20,23H,5-6,11-13,22H2,1-4H3,(H,26,27). The number of anilines is 1. The second-order valence-electron chi connectivity index (χ2n) is 8.50. The number of carboxylic acids is 1. The van der Waals surface area contributed by atoms with Crippen LogP contribution in [0.1, 0.15) is 52.0 Å². The molecule has 1 aromatic rings. The Morgan fingerprint density at radius 2 is 2.04 bits per heavy atom. The molecule has 148 valence electrons. The first-order valence-corrected chi connectivity index (χ1v) is 9.82. The maximum Gasteiger partial charge on any atom is 0.303 e. The molecule has 2 aliphatic heterocycles. The lowest BCUT2D eigenvalue weighted by Crippen LogP contribution is -2.47. The second kappa shape index (κ2) is 7.43. The van der Waals surface area contributed by atoms with Gasteiger partial charge in [-0.3, -0.25) is 4.79 Å². The summed E-state index contributed by atoms with van der Waals surface area (Å²) in [6.45, 7) is 6.91. The first-order chi connectivity index (χ1) is 12.7. The van der Waals surface area contributed by atoms with E-state index >= 15 is 0 Å². The largest absolute Gasteiger partial charge is 0.481 e. The van der Waals surface area contributed by atoms with Gasteiger partial charge in [0, 0.05) is 24.8 Å². The number of unbranched alkanes of at least 4 members (excludes halogenated alkanes) is 1. The Bertz CT molecular complexity index is 743. The second-order valence-corrected chi connectivity index (χ2v) is 8.50. The number of nitrogens with zero attached hydrogens (tertiary/aromatic N) is 2. The minimum Gasteiger partial charge on any atom is -0.481 e. The molecule has 1 aromatic carbocycles. The molecular weight excluding hydrogens is 340 g/mol. The highest BCUT2D eigenvalue weighted by atomic mass is 16.4. The van der Waals surface area contributed by atoms with Gasteiger partial charge in [0.15, 0.2) is 0 Å². The number of carboxylic acid groups (broad SMARTS) is 1. The summed E-state index contributed by atoms with van der Waals surface area (Å²) in [5, 5.41) is 13.0. The fourth-order valence-electron chi connectivity index (χ4n) is 4.23. The molecule has 0 aromatic heterocycles. The fraction of sp³-hybridized carbons (Fsp3) is 0.571. The van der Waals surface area contributed by atoms with Gasteiger partial charge < -0.3 is 26.0 Å². The van der Waals surface area contributed by atoms with E-state index in [1.165, 1.54) is 0 Å². The number of rotatable bonds is 7. The quantitative estimate of drug-likeness (QED) is 0.683. The average molecular weight is 373 g/mol. The van der Waals surface area contributed by atoms with E-state index in [1.807, 2.05) is 33.0 Å². The molecule has 6 nitrogen and oxygen atoms in total. The van der Waals surface area contributed by atoms with E-state index in [0.717, 1.165) is 41.9 Å². The van der Waals surface area contributed by atoms with Crippen molar-refractivity contribution in [3.63, 3.8) is 0 Å². The minimum absolute atomic E-state index is 0.139. The van der Waals surface area contributed by atoms with Crippen LogP contribution in [0.2, 0.25) is 0 Å². The number of fused-ring (bicyclic) bond motifs is 2. The number of nitrogens with two attached hydrogens (primary N) is 1. The molecule has 2 unspecified atom stereocenters. The summed E-state index contributed by atoms with van der Waals surface area (Å²) in [6, 6.07) is 8.31. The van der Waals surface area contributed by atoms with Crippen molar-refractivity contribution < 1.29 is 9.90 Å². The van der Waals surface area contributed by atoms with Crippen molar-refractivity contribution in [2.45, 2.75) is 58.8 Å². The zero-order valence-corrected chi connectivity index (χ0v) is 16.8. The maximum atomic E-state index is 11.3. The zero-order valence-electron chi connectivity index (χ0n) is 16.8. The van der Waals surface area contributed by atoms with Crippen LogP contribution in [-0.2, 0) is 4.79 Å². The molecular formula is C21H32N4O2. The summed E-state index contributed by atoms with van der Waals surface area (Å²) in [6.07, 6.45) is 3.30. The van der Waals surface area contributed by atoms with Crippen molar-refractivity contribution in [3.05, 3.63) is 35.5 Å². The highest BCUT2D eigenvalue weighted by Gasteiger charge is 2.41. The first-order valence-electron chi connectivity index (χ1n) is 9.82. The number of hydrogen-bond donors (Lipinski definition) is 3. The van der Waals surface area contributed by atoms with Crippen LogP contribution in [0.15, 0.2) is 30.0 Å². The van der Waals surface area contributed by atoms with Gasteiger partial charge in [-0.2, -0.15) is 0 Å². The van der Waals surface area contributed by atoms with Crippen LogP contribution in [0.25, 0.3) is 5.70 Å².